The monoisotopic (exact) mass is 293 g/mol. The van der Waals surface area contributed by atoms with E-state index in [0.717, 1.165) is 23.9 Å². The van der Waals surface area contributed by atoms with Gasteiger partial charge in [0.2, 0.25) is 0 Å². The number of halogens is 1. The summed E-state index contributed by atoms with van der Waals surface area (Å²) in [5.41, 5.74) is 5.72. The topological polar surface area (TPSA) is 112 Å². The highest BCUT2D eigenvalue weighted by atomic mass is 19.1. The zero-order valence-electron chi connectivity index (χ0n) is 11.0. The van der Waals surface area contributed by atoms with Crippen LogP contribution in [0.25, 0.3) is 0 Å². The van der Waals surface area contributed by atoms with E-state index in [1.54, 1.807) is 0 Å². The van der Waals surface area contributed by atoms with E-state index in [1.807, 2.05) is 31.2 Å². The van der Waals surface area contributed by atoms with Crippen molar-refractivity contribution in [1.82, 2.24) is 0 Å². The van der Waals surface area contributed by atoms with Gasteiger partial charge in [-0.15, -0.1) is 0 Å². The van der Waals surface area contributed by atoms with Crippen LogP contribution >= 0.6 is 0 Å². The average Bonchev–Trinajstić information content (AvgIpc) is 2.42. The number of nitro groups is 2. The fourth-order valence-electron chi connectivity index (χ4n) is 1.36. The maximum atomic E-state index is 12.9. The molecule has 0 aliphatic heterocycles. The van der Waals surface area contributed by atoms with Crippen LogP contribution in [0.15, 0.2) is 42.5 Å². The summed E-state index contributed by atoms with van der Waals surface area (Å²) in [6.07, 6.45) is 0. The van der Waals surface area contributed by atoms with Gasteiger partial charge >= 0.3 is 11.4 Å². The van der Waals surface area contributed by atoms with Crippen molar-refractivity contribution in [3.8, 4) is 0 Å². The second-order valence-electron chi connectivity index (χ2n) is 4.04. The van der Waals surface area contributed by atoms with E-state index in [1.165, 1.54) is 5.56 Å². The fourth-order valence-corrected chi connectivity index (χ4v) is 1.36. The zero-order chi connectivity index (χ0) is 16.0. The highest BCUT2D eigenvalue weighted by molar-refractivity contribution is 5.44. The van der Waals surface area contributed by atoms with Gasteiger partial charge in [0.05, 0.1) is 9.85 Å². The van der Waals surface area contributed by atoms with Gasteiger partial charge in [-0.3, -0.25) is 20.2 Å². The minimum absolute atomic E-state index is 0.829. The van der Waals surface area contributed by atoms with E-state index in [9.17, 15) is 24.6 Å². The summed E-state index contributed by atoms with van der Waals surface area (Å²) < 4.78 is 12.9. The van der Waals surface area contributed by atoms with Crippen molar-refractivity contribution in [3.05, 3.63) is 74.1 Å². The van der Waals surface area contributed by atoms with Crippen LogP contribution in [0.3, 0.4) is 0 Å². The molecule has 0 saturated heterocycles. The number of nitro benzene ring substituents is 2. The van der Waals surface area contributed by atoms with Crippen LogP contribution < -0.4 is 5.73 Å². The molecule has 2 aromatic carbocycles. The molecule has 0 radical (unpaired) electrons. The second-order valence-corrected chi connectivity index (χ2v) is 4.04. The van der Waals surface area contributed by atoms with Crippen LogP contribution in [-0.4, -0.2) is 9.85 Å². The fraction of sp³-hybridized carbons (Fsp3) is 0.0769. The largest absolute Gasteiger partial charge is 0.399 e. The van der Waals surface area contributed by atoms with E-state index in [-0.39, 0.29) is 0 Å². The first-order valence-electron chi connectivity index (χ1n) is 5.72. The molecule has 0 aliphatic carbocycles. The summed E-state index contributed by atoms with van der Waals surface area (Å²) >= 11 is 0. The Morgan fingerprint density at radius 2 is 1.38 bits per heavy atom. The summed E-state index contributed by atoms with van der Waals surface area (Å²) in [4.78, 5) is 18.3. The van der Waals surface area contributed by atoms with E-state index in [4.69, 9.17) is 5.73 Å². The summed E-state index contributed by atoms with van der Waals surface area (Å²) in [5, 5.41) is 20.3. The Balaban J connectivity index is 0.000000235. The second kappa shape index (κ2) is 6.94. The Labute approximate surface area is 119 Å². The molecule has 0 unspecified atom stereocenters. The molecule has 0 fully saturated rings. The van der Waals surface area contributed by atoms with Crippen LogP contribution in [0, 0.1) is 33.0 Å². The number of hydrogen-bond donors (Lipinski definition) is 1. The third kappa shape index (κ3) is 4.53. The van der Waals surface area contributed by atoms with Crippen molar-refractivity contribution < 1.29 is 14.2 Å². The number of hydrogen-bond acceptors (Lipinski definition) is 5. The van der Waals surface area contributed by atoms with Crippen LogP contribution in [0.4, 0.5) is 21.5 Å². The van der Waals surface area contributed by atoms with Crippen molar-refractivity contribution in [1.29, 1.82) is 0 Å². The molecule has 0 amide bonds. The van der Waals surface area contributed by atoms with Crippen LogP contribution in [0.2, 0.25) is 0 Å². The van der Waals surface area contributed by atoms with Crippen molar-refractivity contribution in [2.45, 2.75) is 6.92 Å². The lowest BCUT2D eigenvalue weighted by Gasteiger charge is -1.94. The number of anilines is 1. The van der Waals surface area contributed by atoms with Crippen LogP contribution in [0.5, 0.6) is 0 Å². The normalized spacial score (nSPS) is 9.43. The maximum absolute atomic E-state index is 12.9. The van der Waals surface area contributed by atoms with Gasteiger partial charge in [0, 0.05) is 17.8 Å². The van der Waals surface area contributed by atoms with Gasteiger partial charge < -0.3 is 5.73 Å². The molecule has 2 N–H and O–H groups in total. The molecule has 0 saturated carbocycles. The predicted molar refractivity (Wildman–Crippen MR) is 75.3 cm³/mol. The van der Waals surface area contributed by atoms with Gasteiger partial charge in [-0.05, 0) is 25.1 Å². The number of nitrogens with zero attached hydrogens (tertiary/aromatic N) is 2. The third-order valence-electron chi connectivity index (χ3n) is 2.43. The molecule has 110 valence electrons. The van der Waals surface area contributed by atoms with Crippen molar-refractivity contribution in [2.24, 2.45) is 0 Å². The summed E-state index contributed by atoms with van der Waals surface area (Å²) in [6, 6.07) is 10.6. The van der Waals surface area contributed by atoms with E-state index < -0.39 is 27.0 Å². The average molecular weight is 293 g/mol. The Morgan fingerprint density at radius 3 is 1.71 bits per heavy atom. The van der Waals surface area contributed by atoms with Crippen LogP contribution in [-0.2, 0) is 0 Å². The molecule has 0 atom stereocenters. The Bertz CT molecular complexity index is 606. The summed E-state index contributed by atoms with van der Waals surface area (Å²) in [5.74, 6) is -1.42. The first kappa shape index (κ1) is 16.0. The Morgan fingerprint density at radius 1 is 0.952 bits per heavy atom. The number of benzene rings is 2. The lowest BCUT2D eigenvalue weighted by Crippen LogP contribution is -1.97. The van der Waals surface area contributed by atoms with E-state index in [2.05, 4.69) is 0 Å². The molecular weight excluding hydrogens is 281 g/mol. The van der Waals surface area contributed by atoms with Crippen LogP contribution in [0.1, 0.15) is 5.56 Å². The molecular formula is C13H12FN3O4. The molecule has 2 aromatic rings. The molecule has 0 aromatic heterocycles. The maximum Gasteiger partial charge on any atom is 0.312 e. The molecule has 21 heavy (non-hydrogen) atoms. The minimum atomic E-state index is -1.42. The SMILES string of the molecule is Cc1ccc(N)cc1.O=[N+]([O-])c1cccc([N+](=O)[O-])c1F. The standard InChI is InChI=1S/C7H9N.C6H3FN2O4/c1-6-2-4-7(8)5-3-6;7-6-4(8(10)11)2-1-3-5(6)9(12)13/h2-5H,8H2,1H3;1-3H. The molecule has 0 spiro atoms. The lowest BCUT2D eigenvalue weighted by molar-refractivity contribution is -0.399. The van der Waals surface area contributed by atoms with E-state index in [0.29, 0.717) is 0 Å². The molecule has 0 aliphatic rings. The highest BCUT2D eigenvalue weighted by Crippen LogP contribution is 2.25. The van der Waals surface area contributed by atoms with Gasteiger partial charge in [0.1, 0.15) is 0 Å². The Kier molecular flexibility index (Phi) is 5.30. The number of nitrogen functional groups attached to an aromatic ring is 1. The first-order chi connectivity index (χ1) is 9.82. The number of nitrogens with two attached hydrogens (primary N) is 1. The number of rotatable bonds is 2. The number of aryl methyl sites for hydroxylation is 1. The van der Waals surface area contributed by atoms with Gasteiger partial charge in [-0.1, -0.05) is 17.7 Å². The molecule has 7 nitrogen and oxygen atoms in total. The molecule has 2 rings (SSSR count). The van der Waals surface area contributed by atoms with Crippen molar-refractivity contribution in [2.75, 3.05) is 5.73 Å². The minimum Gasteiger partial charge on any atom is -0.399 e. The summed E-state index contributed by atoms with van der Waals surface area (Å²) in [7, 11) is 0. The summed E-state index contributed by atoms with van der Waals surface area (Å²) in [6.45, 7) is 2.04. The first-order valence-corrected chi connectivity index (χ1v) is 5.72. The van der Waals surface area contributed by atoms with Crippen molar-refractivity contribution >= 4 is 17.1 Å². The molecule has 8 heteroatoms. The van der Waals surface area contributed by atoms with E-state index >= 15 is 0 Å². The van der Waals surface area contributed by atoms with Gasteiger partial charge in [-0.2, -0.15) is 4.39 Å². The van der Waals surface area contributed by atoms with Gasteiger partial charge in [0.15, 0.2) is 0 Å². The predicted octanol–water partition coefficient (Wildman–Crippen LogP) is 3.22. The molecule has 0 heterocycles. The van der Waals surface area contributed by atoms with Crippen molar-refractivity contribution in [3.63, 3.8) is 0 Å². The smallest absolute Gasteiger partial charge is 0.312 e. The third-order valence-corrected chi connectivity index (χ3v) is 2.43. The van der Waals surface area contributed by atoms with Gasteiger partial charge in [-0.25, -0.2) is 0 Å². The molecule has 0 bridgehead atoms. The Hall–Kier alpha value is -3.03. The highest BCUT2D eigenvalue weighted by Gasteiger charge is 2.24. The zero-order valence-corrected chi connectivity index (χ0v) is 11.0. The lowest BCUT2D eigenvalue weighted by atomic mass is 10.2. The quantitative estimate of drug-likeness (QED) is 0.519. The van der Waals surface area contributed by atoms with Gasteiger partial charge in [0.25, 0.3) is 5.82 Å².